The first kappa shape index (κ1) is 8.83. The molecule has 1 aromatic rings. The number of phenolic OH excluding ortho intramolecular Hbond substituents is 1. The Morgan fingerprint density at radius 3 is 2.33 bits per heavy atom. The first-order chi connectivity index (χ1) is 5.68. The number of rotatable bonds is 3. The van der Waals surface area contributed by atoms with E-state index in [0.29, 0.717) is 5.75 Å². The zero-order valence-corrected chi connectivity index (χ0v) is 6.60. The van der Waals surface area contributed by atoms with Gasteiger partial charge in [-0.2, -0.15) is 0 Å². The molecule has 0 saturated carbocycles. The van der Waals surface area contributed by atoms with Gasteiger partial charge < -0.3 is 21.3 Å². The lowest BCUT2D eigenvalue weighted by Crippen LogP contribution is -2.36. The Bertz CT molecular complexity index is 233. The third kappa shape index (κ3) is 2.77. The van der Waals surface area contributed by atoms with Gasteiger partial charge in [0.15, 0.2) is 0 Å². The lowest BCUT2D eigenvalue weighted by Gasteiger charge is -2.07. The number of aromatic hydroxyl groups is 1. The van der Waals surface area contributed by atoms with Crippen LogP contribution in [0.15, 0.2) is 24.3 Å². The summed E-state index contributed by atoms with van der Waals surface area (Å²) in [5, 5.41) is 8.93. The van der Waals surface area contributed by atoms with Gasteiger partial charge >= 0.3 is 0 Å². The van der Waals surface area contributed by atoms with Crippen molar-refractivity contribution in [2.24, 2.45) is 11.5 Å². The molecular weight excluding hydrogens is 156 g/mol. The first-order valence-corrected chi connectivity index (χ1v) is 3.61. The van der Waals surface area contributed by atoms with Crippen molar-refractivity contribution in [2.75, 3.05) is 6.61 Å². The first-order valence-electron chi connectivity index (χ1n) is 3.61. The highest BCUT2D eigenvalue weighted by atomic mass is 16.5. The fourth-order valence-corrected chi connectivity index (χ4v) is 0.735. The molecule has 0 saturated heterocycles. The minimum absolute atomic E-state index is 0.208. The molecule has 1 rings (SSSR count). The topological polar surface area (TPSA) is 81.5 Å². The van der Waals surface area contributed by atoms with Crippen LogP contribution in [-0.4, -0.2) is 17.9 Å². The van der Waals surface area contributed by atoms with Gasteiger partial charge in [-0.3, -0.25) is 0 Å². The van der Waals surface area contributed by atoms with Crippen LogP contribution in [0.1, 0.15) is 0 Å². The van der Waals surface area contributed by atoms with Gasteiger partial charge in [-0.15, -0.1) is 0 Å². The molecule has 0 amide bonds. The van der Waals surface area contributed by atoms with Crippen molar-refractivity contribution in [3.63, 3.8) is 0 Å². The molecule has 1 aromatic carbocycles. The lowest BCUT2D eigenvalue weighted by molar-refractivity contribution is 0.291. The van der Waals surface area contributed by atoms with Crippen LogP contribution in [-0.2, 0) is 0 Å². The van der Waals surface area contributed by atoms with Crippen LogP contribution < -0.4 is 16.2 Å². The van der Waals surface area contributed by atoms with Gasteiger partial charge in [0, 0.05) is 0 Å². The third-order valence-corrected chi connectivity index (χ3v) is 1.28. The maximum Gasteiger partial charge on any atom is 0.119 e. The molecular formula is C8H12N2O2. The standard InChI is InChI=1S/C8H12N2O2/c9-8(10)5-12-7-3-1-6(11)2-4-7/h1-4,8,11H,5,9-10H2. The van der Waals surface area contributed by atoms with Crippen molar-refractivity contribution in [3.8, 4) is 11.5 Å². The van der Waals surface area contributed by atoms with Gasteiger partial charge in [-0.1, -0.05) is 0 Å². The molecule has 0 aliphatic rings. The molecule has 0 aliphatic carbocycles. The monoisotopic (exact) mass is 168 g/mol. The van der Waals surface area contributed by atoms with Gasteiger partial charge in [0.1, 0.15) is 18.1 Å². The number of phenols is 1. The average Bonchev–Trinajstić information content (AvgIpc) is 2.03. The van der Waals surface area contributed by atoms with E-state index in [1.165, 1.54) is 12.1 Å². The summed E-state index contributed by atoms with van der Waals surface area (Å²) in [5.74, 6) is 0.855. The summed E-state index contributed by atoms with van der Waals surface area (Å²) in [4.78, 5) is 0. The maximum atomic E-state index is 8.93. The van der Waals surface area contributed by atoms with Gasteiger partial charge in [0.2, 0.25) is 0 Å². The van der Waals surface area contributed by atoms with Crippen LogP contribution in [0.5, 0.6) is 11.5 Å². The molecule has 0 heterocycles. The molecule has 4 heteroatoms. The van der Waals surface area contributed by atoms with E-state index in [-0.39, 0.29) is 12.4 Å². The molecule has 0 aliphatic heterocycles. The Hall–Kier alpha value is -1.26. The highest BCUT2D eigenvalue weighted by Gasteiger charge is 1.96. The van der Waals surface area contributed by atoms with Crippen molar-refractivity contribution in [1.82, 2.24) is 0 Å². The van der Waals surface area contributed by atoms with Crippen molar-refractivity contribution < 1.29 is 9.84 Å². The number of ether oxygens (including phenoxy) is 1. The maximum absolute atomic E-state index is 8.93. The molecule has 0 spiro atoms. The van der Waals surface area contributed by atoms with E-state index in [9.17, 15) is 0 Å². The SMILES string of the molecule is NC(N)COc1ccc(O)cc1. The van der Waals surface area contributed by atoms with Crippen molar-refractivity contribution >= 4 is 0 Å². The lowest BCUT2D eigenvalue weighted by atomic mass is 10.3. The third-order valence-electron chi connectivity index (χ3n) is 1.28. The normalized spacial score (nSPS) is 10.2. The highest BCUT2D eigenvalue weighted by Crippen LogP contribution is 2.15. The van der Waals surface area contributed by atoms with Crippen molar-refractivity contribution in [2.45, 2.75) is 6.17 Å². The number of hydrogen-bond acceptors (Lipinski definition) is 4. The molecule has 0 aromatic heterocycles. The number of benzene rings is 1. The zero-order chi connectivity index (χ0) is 8.97. The molecule has 0 radical (unpaired) electrons. The second-order valence-electron chi connectivity index (χ2n) is 2.47. The molecule has 0 atom stereocenters. The van der Waals surface area contributed by atoms with E-state index in [2.05, 4.69) is 0 Å². The summed E-state index contributed by atoms with van der Waals surface area (Å²) in [6.45, 7) is 0.269. The van der Waals surface area contributed by atoms with Crippen LogP contribution in [0.4, 0.5) is 0 Å². The molecule has 0 unspecified atom stereocenters. The van der Waals surface area contributed by atoms with Crippen LogP contribution >= 0.6 is 0 Å². The van der Waals surface area contributed by atoms with E-state index in [1.807, 2.05) is 0 Å². The fourth-order valence-electron chi connectivity index (χ4n) is 0.735. The van der Waals surface area contributed by atoms with Gasteiger partial charge in [-0.05, 0) is 24.3 Å². The van der Waals surface area contributed by atoms with Crippen LogP contribution in [0.3, 0.4) is 0 Å². The summed E-state index contributed by atoms with van der Waals surface area (Å²) >= 11 is 0. The summed E-state index contributed by atoms with van der Waals surface area (Å²) in [6.07, 6.45) is -0.473. The Balaban J connectivity index is 2.48. The molecule has 5 N–H and O–H groups in total. The molecule has 0 bridgehead atoms. The van der Waals surface area contributed by atoms with Gasteiger partial charge in [0.05, 0.1) is 6.17 Å². The van der Waals surface area contributed by atoms with Crippen LogP contribution in [0.25, 0.3) is 0 Å². The second-order valence-corrected chi connectivity index (χ2v) is 2.47. The summed E-state index contributed by atoms with van der Waals surface area (Å²) in [6, 6.07) is 6.38. The predicted octanol–water partition coefficient (Wildman–Crippen LogP) is 0.0145. The quantitative estimate of drug-likeness (QED) is 0.555. The van der Waals surface area contributed by atoms with E-state index in [4.69, 9.17) is 21.3 Å². The summed E-state index contributed by atoms with van der Waals surface area (Å²) < 4.78 is 5.16. The Kier molecular flexibility index (Phi) is 2.90. The molecule has 4 nitrogen and oxygen atoms in total. The Labute approximate surface area is 70.7 Å². The highest BCUT2D eigenvalue weighted by molar-refractivity contribution is 5.30. The van der Waals surface area contributed by atoms with Crippen molar-refractivity contribution in [1.29, 1.82) is 0 Å². The van der Waals surface area contributed by atoms with Crippen LogP contribution in [0.2, 0.25) is 0 Å². The van der Waals surface area contributed by atoms with E-state index in [1.54, 1.807) is 12.1 Å². The fraction of sp³-hybridized carbons (Fsp3) is 0.250. The molecule has 12 heavy (non-hydrogen) atoms. The largest absolute Gasteiger partial charge is 0.508 e. The zero-order valence-electron chi connectivity index (χ0n) is 6.60. The smallest absolute Gasteiger partial charge is 0.119 e. The van der Waals surface area contributed by atoms with E-state index >= 15 is 0 Å². The molecule has 66 valence electrons. The molecule has 0 fully saturated rings. The Morgan fingerprint density at radius 2 is 1.83 bits per heavy atom. The minimum atomic E-state index is -0.473. The van der Waals surface area contributed by atoms with Crippen LogP contribution in [0, 0.1) is 0 Å². The second kappa shape index (κ2) is 3.94. The number of nitrogens with two attached hydrogens (primary N) is 2. The number of hydrogen-bond donors (Lipinski definition) is 3. The minimum Gasteiger partial charge on any atom is -0.508 e. The Morgan fingerprint density at radius 1 is 1.25 bits per heavy atom. The van der Waals surface area contributed by atoms with Crippen molar-refractivity contribution in [3.05, 3.63) is 24.3 Å². The van der Waals surface area contributed by atoms with Gasteiger partial charge in [-0.25, -0.2) is 0 Å². The summed E-state index contributed by atoms with van der Waals surface area (Å²) in [5.41, 5.74) is 10.5. The predicted molar refractivity (Wildman–Crippen MR) is 45.8 cm³/mol. The van der Waals surface area contributed by atoms with E-state index in [0.717, 1.165) is 0 Å². The van der Waals surface area contributed by atoms with E-state index < -0.39 is 6.17 Å². The average molecular weight is 168 g/mol. The van der Waals surface area contributed by atoms with Gasteiger partial charge in [0.25, 0.3) is 0 Å². The summed E-state index contributed by atoms with van der Waals surface area (Å²) in [7, 11) is 0.